The summed E-state index contributed by atoms with van der Waals surface area (Å²) in [6.07, 6.45) is 17.6. The van der Waals surface area contributed by atoms with Gasteiger partial charge in [0.25, 0.3) is 25.9 Å². The number of nitrogens with zero attached hydrogens (tertiary/aromatic N) is 3. The zero-order chi connectivity index (χ0) is 64.3. The molecule has 3 heterocycles. The number of hydrogen-bond acceptors (Lipinski definition) is 13. The van der Waals surface area contributed by atoms with Crippen LogP contribution in [0.15, 0.2) is 91.4 Å². The highest BCUT2D eigenvalue weighted by molar-refractivity contribution is 5.60. The highest BCUT2D eigenvalue weighted by Gasteiger charge is 2.20. The monoisotopic (exact) mass is 1220 g/mol. The van der Waals surface area contributed by atoms with Crippen molar-refractivity contribution in [3.8, 4) is 0 Å². The van der Waals surface area contributed by atoms with Crippen LogP contribution in [0.3, 0.4) is 0 Å². The Morgan fingerprint density at radius 2 is 0.598 bits per heavy atom. The lowest BCUT2D eigenvalue weighted by molar-refractivity contribution is -0.123. The third-order valence-corrected chi connectivity index (χ3v) is 14.3. The summed E-state index contributed by atoms with van der Waals surface area (Å²) in [6.45, 7) is 17.4. The van der Waals surface area contributed by atoms with Crippen molar-refractivity contribution in [2.75, 3.05) is 35.6 Å². The second kappa shape index (κ2) is 40.3. The van der Waals surface area contributed by atoms with E-state index >= 15 is 0 Å². The van der Waals surface area contributed by atoms with Crippen LogP contribution in [0.5, 0.6) is 0 Å². The minimum absolute atomic E-state index is 0.250. The van der Waals surface area contributed by atoms with Crippen molar-refractivity contribution < 1.29 is 65.9 Å². The molecule has 474 valence electrons. The Kier molecular flexibility index (Phi) is 33.8. The number of hydrogen-bond donors (Lipinski definition) is 10. The van der Waals surface area contributed by atoms with E-state index in [-0.39, 0.29) is 25.9 Å². The molecule has 3 aromatic carbocycles. The normalized spacial score (nSPS) is 13.1. The average molecular weight is 1220 g/mol. The average Bonchev–Trinajstić information content (AvgIpc) is 2.39. The molecule has 0 atom stereocenters. The molecule has 17 nitrogen and oxygen atoms in total. The van der Waals surface area contributed by atoms with Gasteiger partial charge in [-0.2, -0.15) is 0 Å². The van der Waals surface area contributed by atoms with Gasteiger partial charge >= 0.3 is 0 Å². The molecule has 23 heteroatoms. The van der Waals surface area contributed by atoms with Gasteiger partial charge in [0, 0.05) is 73.5 Å². The molecule has 0 unspecified atom stereocenters. The van der Waals surface area contributed by atoms with Crippen molar-refractivity contribution >= 4 is 60.4 Å². The van der Waals surface area contributed by atoms with Crippen LogP contribution in [-0.2, 0) is 38.8 Å². The van der Waals surface area contributed by atoms with Crippen molar-refractivity contribution in [2.24, 2.45) is 17.8 Å². The molecule has 3 aromatic heterocycles. The number of benzene rings is 3. The summed E-state index contributed by atoms with van der Waals surface area (Å²) in [4.78, 5) is 46.7. The summed E-state index contributed by atoms with van der Waals surface area (Å²) >= 11 is 0. The number of halogens is 6. The van der Waals surface area contributed by atoms with E-state index in [1.54, 1.807) is 0 Å². The predicted molar refractivity (Wildman–Crippen MR) is 326 cm³/mol. The van der Waals surface area contributed by atoms with Gasteiger partial charge in [-0.05, 0) is 182 Å². The Hall–Kier alpha value is -8.15. The lowest BCUT2D eigenvalue weighted by Crippen LogP contribution is -2.27. The molecule has 3 saturated carbocycles. The predicted octanol–water partition coefficient (Wildman–Crippen LogP) is 14.2. The van der Waals surface area contributed by atoms with Crippen molar-refractivity contribution in [1.29, 1.82) is 0 Å². The van der Waals surface area contributed by atoms with Crippen LogP contribution in [0.4, 0.5) is 60.9 Å². The van der Waals surface area contributed by atoms with Crippen LogP contribution in [-0.4, -0.2) is 80.9 Å². The van der Waals surface area contributed by atoms with E-state index in [1.165, 1.54) is 128 Å². The third kappa shape index (κ3) is 27.8. The van der Waals surface area contributed by atoms with E-state index in [1.807, 2.05) is 36.8 Å². The number of aromatic nitrogens is 3. The SMILES string of the molecule is CC(C)c1cc(Nc2cc(F)cc(F)c2)ncc1CNCC1CCC1.CC(C)c1cc(Nc2cc(F)cc(F)c2)ncc1CNCC1CCC1.CC(C)c1cc(Nc2cc(F)cc(F)c2)ncc1CNCC1CCC1.O=CO.O=CO.O=CO.O=CO. The second-order valence-corrected chi connectivity index (χ2v) is 21.8. The lowest BCUT2D eigenvalue weighted by atomic mass is 9.85. The van der Waals surface area contributed by atoms with Crippen molar-refractivity contribution in [1.82, 2.24) is 30.9 Å². The molecule has 0 saturated heterocycles. The van der Waals surface area contributed by atoms with Gasteiger partial charge in [-0.25, -0.2) is 41.3 Å². The summed E-state index contributed by atoms with van der Waals surface area (Å²) in [7, 11) is 0. The topological polar surface area (TPSA) is 260 Å². The zero-order valence-corrected chi connectivity index (χ0v) is 50.1. The van der Waals surface area contributed by atoms with Crippen LogP contribution in [0, 0.1) is 52.7 Å². The molecular weight excluding hydrogens is 1140 g/mol. The molecule has 3 aliphatic carbocycles. The minimum Gasteiger partial charge on any atom is -0.483 e. The first-order valence-electron chi connectivity index (χ1n) is 28.8. The van der Waals surface area contributed by atoms with Crippen LogP contribution >= 0.6 is 0 Å². The maximum absolute atomic E-state index is 13.3. The van der Waals surface area contributed by atoms with E-state index in [2.05, 4.69) is 88.4 Å². The molecule has 0 aliphatic heterocycles. The van der Waals surface area contributed by atoms with Gasteiger partial charge in [-0.1, -0.05) is 60.8 Å². The van der Waals surface area contributed by atoms with Gasteiger partial charge in [0.05, 0.1) is 0 Å². The third-order valence-electron chi connectivity index (χ3n) is 14.3. The van der Waals surface area contributed by atoms with Crippen LogP contribution < -0.4 is 31.9 Å². The molecule has 0 amide bonds. The fourth-order valence-electron chi connectivity index (χ4n) is 9.40. The molecular formula is C64H83F6N9O8. The van der Waals surface area contributed by atoms with Gasteiger partial charge < -0.3 is 52.3 Å². The first-order chi connectivity index (χ1) is 41.7. The molecule has 10 N–H and O–H groups in total. The molecule has 87 heavy (non-hydrogen) atoms. The van der Waals surface area contributed by atoms with Crippen molar-refractivity contribution in [3.05, 3.63) is 160 Å². The Labute approximate surface area is 505 Å². The van der Waals surface area contributed by atoms with Crippen LogP contribution in [0.25, 0.3) is 0 Å². The van der Waals surface area contributed by atoms with Gasteiger partial charge in [-0.3, -0.25) is 19.2 Å². The van der Waals surface area contributed by atoms with Crippen LogP contribution in [0.1, 0.15) is 150 Å². The standard InChI is InChI=1S/3C20H25F2N3.4CH2O2/c3*1-13(2)19-9-20(25-18-7-16(21)6-17(22)8-18)24-12-15(19)11-23-10-14-4-3-5-14;4*2-1-3/h3*6-9,12-14,23H,3-5,10-11H2,1-2H3,(H,24,25);4*1H,(H,2,3). The van der Waals surface area contributed by atoms with Gasteiger partial charge in [0.15, 0.2) is 0 Å². The lowest BCUT2D eigenvalue weighted by Gasteiger charge is -2.25. The fourth-order valence-corrected chi connectivity index (χ4v) is 9.40. The van der Waals surface area contributed by atoms with Crippen molar-refractivity contribution in [2.45, 2.75) is 137 Å². The number of carbonyl (C=O) groups is 4. The van der Waals surface area contributed by atoms with E-state index < -0.39 is 34.9 Å². The summed E-state index contributed by atoms with van der Waals surface area (Å²) in [6, 6.07) is 16.0. The maximum atomic E-state index is 13.3. The van der Waals surface area contributed by atoms with Gasteiger partial charge in [0.1, 0.15) is 52.4 Å². The summed E-state index contributed by atoms with van der Waals surface area (Å²) in [5.41, 5.74) is 8.16. The first kappa shape index (κ1) is 73.1. The van der Waals surface area contributed by atoms with E-state index in [4.69, 9.17) is 39.6 Å². The smallest absolute Gasteiger partial charge is 0.290 e. The summed E-state index contributed by atoms with van der Waals surface area (Å²) < 4.78 is 80.0. The van der Waals surface area contributed by atoms with Gasteiger partial charge in [0.2, 0.25) is 0 Å². The second-order valence-electron chi connectivity index (χ2n) is 21.8. The molecule has 0 radical (unpaired) electrons. The first-order valence-corrected chi connectivity index (χ1v) is 28.8. The van der Waals surface area contributed by atoms with Crippen LogP contribution in [0.2, 0.25) is 0 Å². The number of nitrogens with one attached hydrogen (secondary N) is 6. The Morgan fingerprint density at radius 3 is 0.770 bits per heavy atom. The van der Waals surface area contributed by atoms with E-state index in [0.717, 1.165) is 75.2 Å². The minimum atomic E-state index is -0.608. The largest absolute Gasteiger partial charge is 0.483 e. The number of pyridine rings is 3. The molecule has 3 fully saturated rings. The Bertz CT molecular complexity index is 2640. The number of rotatable bonds is 21. The summed E-state index contributed by atoms with van der Waals surface area (Å²) in [5, 5.41) is 47.1. The highest BCUT2D eigenvalue weighted by atomic mass is 19.2. The van der Waals surface area contributed by atoms with E-state index in [0.29, 0.717) is 52.3 Å². The Morgan fingerprint density at radius 1 is 0.391 bits per heavy atom. The van der Waals surface area contributed by atoms with Crippen molar-refractivity contribution in [3.63, 3.8) is 0 Å². The highest BCUT2D eigenvalue weighted by Crippen LogP contribution is 2.31. The summed E-state index contributed by atoms with van der Waals surface area (Å²) in [5.74, 6) is 1.61. The Balaban J connectivity index is 0.000000312. The number of anilines is 6. The molecule has 3 aliphatic rings. The fraction of sp³-hybridized carbons (Fsp3) is 0.422. The number of carboxylic acid groups (broad SMARTS) is 4. The molecule has 6 aromatic rings. The zero-order valence-electron chi connectivity index (χ0n) is 50.1. The van der Waals surface area contributed by atoms with Gasteiger partial charge in [-0.15, -0.1) is 0 Å². The maximum Gasteiger partial charge on any atom is 0.290 e. The molecule has 0 spiro atoms. The molecule has 9 rings (SSSR count). The quantitative estimate of drug-likeness (QED) is 0.0237. The molecule has 0 bridgehead atoms. The van der Waals surface area contributed by atoms with E-state index in [9.17, 15) is 26.3 Å².